The summed E-state index contributed by atoms with van der Waals surface area (Å²) in [5.74, 6) is -4.59. The van der Waals surface area contributed by atoms with Crippen molar-refractivity contribution in [3.05, 3.63) is 0 Å². The number of hydrogen-bond donors (Lipinski definition) is 7. The van der Waals surface area contributed by atoms with E-state index in [0.29, 0.717) is 12.5 Å². The zero-order chi connectivity index (χ0) is 22.7. The number of urea groups is 1. The third-order valence-corrected chi connectivity index (χ3v) is 4.22. The zero-order valence-electron chi connectivity index (χ0n) is 16.2. The summed E-state index contributed by atoms with van der Waals surface area (Å²) < 4.78 is 0. The van der Waals surface area contributed by atoms with Gasteiger partial charge < -0.3 is 36.6 Å². The van der Waals surface area contributed by atoms with Crippen LogP contribution in [0.3, 0.4) is 0 Å². The second kappa shape index (κ2) is 12.2. The number of hydrogen-bond acceptors (Lipinski definition) is 6. The maximum absolute atomic E-state index is 11.8. The third-order valence-electron chi connectivity index (χ3n) is 4.22. The van der Waals surface area contributed by atoms with Gasteiger partial charge in [0.25, 0.3) is 0 Å². The molecule has 1 aliphatic rings. The van der Waals surface area contributed by atoms with E-state index in [-0.39, 0.29) is 18.7 Å². The average molecular weight is 430 g/mol. The lowest BCUT2D eigenvalue weighted by molar-refractivity contribution is -0.141. The fourth-order valence-electron chi connectivity index (χ4n) is 2.28. The first-order chi connectivity index (χ1) is 14.1. The summed E-state index contributed by atoms with van der Waals surface area (Å²) in [6, 6.07) is -4.24. The Kier molecular flexibility index (Phi) is 10.1. The van der Waals surface area contributed by atoms with Gasteiger partial charge in [-0.15, -0.1) is 0 Å². The molecule has 0 radical (unpaired) electrons. The molecule has 0 aliphatic heterocycles. The van der Waals surface area contributed by atoms with E-state index < -0.39 is 61.3 Å². The topological polar surface area (TPSA) is 211 Å². The zero-order valence-corrected chi connectivity index (χ0v) is 16.2. The number of carboxylic acid groups (broad SMARTS) is 3. The highest BCUT2D eigenvalue weighted by atomic mass is 16.4. The van der Waals surface area contributed by atoms with Gasteiger partial charge in [-0.2, -0.15) is 0 Å². The molecule has 0 bridgehead atoms. The molecule has 30 heavy (non-hydrogen) atoms. The van der Waals surface area contributed by atoms with Crippen molar-refractivity contribution in [2.45, 2.75) is 50.6 Å². The van der Waals surface area contributed by atoms with Gasteiger partial charge in [-0.1, -0.05) is 0 Å². The van der Waals surface area contributed by atoms with E-state index in [1.165, 1.54) is 0 Å². The van der Waals surface area contributed by atoms with E-state index in [1.54, 1.807) is 0 Å². The number of rotatable bonds is 14. The SMILES string of the molecule is O=C(O)CCC(NC(=O)NC(CNC(=O)CCC(=O)NCC1CC1)C(=O)O)C(=O)O. The molecule has 0 aromatic carbocycles. The fourth-order valence-corrected chi connectivity index (χ4v) is 2.28. The summed E-state index contributed by atoms with van der Waals surface area (Å²) in [5, 5.41) is 35.7. The van der Waals surface area contributed by atoms with Crippen molar-refractivity contribution < 1.29 is 44.1 Å². The summed E-state index contributed by atoms with van der Waals surface area (Å²) in [6.07, 6.45) is 1.02. The molecular weight excluding hydrogens is 404 g/mol. The Bertz CT molecular complexity index is 678. The maximum Gasteiger partial charge on any atom is 0.328 e. The van der Waals surface area contributed by atoms with E-state index in [2.05, 4.69) is 10.6 Å². The first-order valence-electron chi connectivity index (χ1n) is 9.36. The van der Waals surface area contributed by atoms with Crippen LogP contribution in [0, 0.1) is 5.92 Å². The van der Waals surface area contributed by atoms with E-state index >= 15 is 0 Å². The Morgan fingerprint density at radius 3 is 1.80 bits per heavy atom. The van der Waals surface area contributed by atoms with Crippen molar-refractivity contribution in [1.82, 2.24) is 21.3 Å². The summed E-state index contributed by atoms with van der Waals surface area (Å²) in [4.78, 5) is 68.1. The molecule has 168 valence electrons. The Morgan fingerprint density at radius 2 is 1.30 bits per heavy atom. The molecule has 1 saturated carbocycles. The number of amides is 4. The molecule has 0 heterocycles. The number of aliphatic carboxylic acids is 3. The highest BCUT2D eigenvalue weighted by Crippen LogP contribution is 2.27. The Hall–Kier alpha value is -3.38. The van der Waals surface area contributed by atoms with Crippen molar-refractivity contribution >= 4 is 35.8 Å². The van der Waals surface area contributed by atoms with E-state index in [0.717, 1.165) is 12.8 Å². The minimum Gasteiger partial charge on any atom is -0.481 e. The lowest BCUT2D eigenvalue weighted by atomic mass is 10.1. The number of carbonyl (C=O) groups is 6. The van der Waals surface area contributed by atoms with E-state index in [9.17, 15) is 28.8 Å². The Balaban J connectivity index is 2.38. The molecule has 0 aromatic rings. The first kappa shape index (κ1) is 24.7. The molecular formula is C17H26N4O9. The van der Waals surface area contributed by atoms with Crippen LogP contribution in [0.4, 0.5) is 4.79 Å². The van der Waals surface area contributed by atoms with Crippen molar-refractivity contribution in [3.63, 3.8) is 0 Å². The predicted molar refractivity (Wildman–Crippen MR) is 99.4 cm³/mol. The lowest BCUT2D eigenvalue weighted by Crippen LogP contribution is -2.54. The van der Waals surface area contributed by atoms with Crippen molar-refractivity contribution in [1.29, 1.82) is 0 Å². The maximum atomic E-state index is 11.8. The molecule has 4 amide bonds. The van der Waals surface area contributed by atoms with Crippen LogP contribution >= 0.6 is 0 Å². The van der Waals surface area contributed by atoms with Crippen molar-refractivity contribution in [2.75, 3.05) is 13.1 Å². The Labute approximate surface area is 171 Å². The van der Waals surface area contributed by atoms with Crippen molar-refractivity contribution in [3.8, 4) is 0 Å². The van der Waals surface area contributed by atoms with Crippen molar-refractivity contribution in [2.24, 2.45) is 5.92 Å². The molecule has 2 atom stereocenters. The highest BCUT2D eigenvalue weighted by Gasteiger charge is 2.25. The summed E-state index contributed by atoms with van der Waals surface area (Å²) in [6.45, 7) is 0.0858. The molecule has 0 aromatic heterocycles. The van der Waals surface area contributed by atoms with Crippen LogP contribution in [0.25, 0.3) is 0 Å². The largest absolute Gasteiger partial charge is 0.481 e. The molecule has 0 saturated heterocycles. The van der Waals surface area contributed by atoms with Crippen LogP contribution in [0.15, 0.2) is 0 Å². The van der Waals surface area contributed by atoms with Gasteiger partial charge in [0.1, 0.15) is 12.1 Å². The number of carboxylic acids is 3. The monoisotopic (exact) mass is 430 g/mol. The molecule has 13 nitrogen and oxygen atoms in total. The minimum atomic E-state index is -1.56. The molecule has 2 unspecified atom stereocenters. The van der Waals surface area contributed by atoms with Gasteiger partial charge in [0.05, 0.1) is 0 Å². The van der Waals surface area contributed by atoms with Gasteiger partial charge in [-0.05, 0) is 25.2 Å². The fraction of sp³-hybridized carbons (Fsp3) is 0.647. The Morgan fingerprint density at radius 1 is 0.767 bits per heavy atom. The van der Waals surface area contributed by atoms with Gasteiger partial charge >= 0.3 is 23.9 Å². The van der Waals surface area contributed by atoms with Crippen LogP contribution in [-0.4, -0.2) is 76.2 Å². The molecule has 1 aliphatic carbocycles. The summed E-state index contributed by atoms with van der Waals surface area (Å²) in [7, 11) is 0. The van der Waals surface area contributed by atoms with Gasteiger partial charge in [0.15, 0.2) is 0 Å². The van der Waals surface area contributed by atoms with E-state index in [1.807, 2.05) is 10.6 Å². The predicted octanol–water partition coefficient (Wildman–Crippen LogP) is -1.52. The van der Waals surface area contributed by atoms with Crippen LogP contribution in [0.1, 0.15) is 38.5 Å². The van der Waals surface area contributed by atoms with Gasteiger partial charge in [-0.25, -0.2) is 14.4 Å². The summed E-state index contributed by atoms with van der Waals surface area (Å²) in [5.41, 5.74) is 0. The smallest absolute Gasteiger partial charge is 0.328 e. The second-order valence-electron chi connectivity index (χ2n) is 6.88. The number of carbonyl (C=O) groups excluding carboxylic acids is 3. The molecule has 1 rings (SSSR count). The number of nitrogens with one attached hydrogen (secondary N) is 4. The minimum absolute atomic E-state index is 0.0614. The quantitative estimate of drug-likeness (QED) is 0.170. The van der Waals surface area contributed by atoms with Crippen LogP contribution < -0.4 is 21.3 Å². The molecule has 0 spiro atoms. The highest BCUT2D eigenvalue weighted by molar-refractivity contribution is 5.87. The molecule has 13 heteroatoms. The van der Waals surface area contributed by atoms with Gasteiger partial charge in [-0.3, -0.25) is 14.4 Å². The first-order valence-corrected chi connectivity index (χ1v) is 9.36. The second-order valence-corrected chi connectivity index (χ2v) is 6.88. The van der Waals surface area contributed by atoms with Crippen LogP contribution in [0.5, 0.6) is 0 Å². The van der Waals surface area contributed by atoms with Crippen LogP contribution in [0.2, 0.25) is 0 Å². The molecule has 1 fully saturated rings. The van der Waals surface area contributed by atoms with E-state index in [4.69, 9.17) is 15.3 Å². The van der Waals surface area contributed by atoms with Gasteiger partial charge in [0, 0.05) is 32.4 Å². The lowest BCUT2D eigenvalue weighted by Gasteiger charge is -2.18. The molecule has 7 N–H and O–H groups in total. The van der Waals surface area contributed by atoms with Crippen LogP contribution in [-0.2, 0) is 24.0 Å². The summed E-state index contributed by atoms with van der Waals surface area (Å²) >= 11 is 0. The normalized spacial score (nSPS) is 14.7. The van der Waals surface area contributed by atoms with Gasteiger partial charge in [0.2, 0.25) is 11.8 Å². The average Bonchev–Trinajstić information content (AvgIpc) is 3.48. The third kappa shape index (κ3) is 10.8. The standard InChI is InChI=1S/C17H26N4O9/c22-12(18-7-9-1-2-9)4-5-13(23)19-8-11(16(28)29)21-17(30)20-10(15(26)27)3-6-14(24)25/h9-11H,1-8H2,(H,18,22)(H,19,23)(H,24,25)(H,26,27)(H,28,29)(H2,20,21,30).